The standard InChI is InChI=1S/C56H90NO15P/c1-13-28-73(65,69-14-2)72-46-26-24-42(32-49(46)67-11)31-38(6)48-34-45(58)37(5)30-40(8)51(60)52(68-12)50(59)39(7)29-35(3)20-16-15-17-21-36(4)47(66-10)33-43-25-23-41(9)56(64,71-43)53(61)54(62)57-27-19-18-22-44(57)55(63)70-48/h15-17,20-21,30,35,37-39,41-44,46-49,51-52,60,64H,13-14,18-19,22-29,31-34H2,1-12H3/b17-15+,20-16+,36-21+,40-30+/t35-,37-,38-,39-,41-,42+,43+,44?,46-,47+,48+,49-,51-,52+,56?,73?/m1/s1. The number of ether oxygens (including phenoxy) is 5. The van der Waals surface area contributed by atoms with Crippen LogP contribution in [0.25, 0.3) is 0 Å². The first-order valence-corrected chi connectivity index (χ1v) is 28.7. The Morgan fingerprint density at radius 2 is 1.59 bits per heavy atom. The summed E-state index contributed by atoms with van der Waals surface area (Å²) >= 11 is 0. The summed E-state index contributed by atoms with van der Waals surface area (Å²) < 4.78 is 55.2. The fraction of sp³-hybridized carbons (Fsp3) is 0.768. The summed E-state index contributed by atoms with van der Waals surface area (Å²) in [5.41, 5.74) is 1.25. The Morgan fingerprint density at radius 3 is 2.25 bits per heavy atom. The largest absolute Gasteiger partial charge is 0.460 e. The van der Waals surface area contributed by atoms with Crippen LogP contribution in [0.4, 0.5) is 0 Å². The van der Waals surface area contributed by atoms with Gasteiger partial charge in [-0.25, -0.2) is 4.79 Å². The molecule has 3 aliphatic heterocycles. The third-order valence-electron chi connectivity index (χ3n) is 15.6. The molecule has 1 saturated carbocycles. The lowest BCUT2D eigenvalue weighted by Crippen LogP contribution is -2.61. The molecule has 4 aliphatic rings. The number of methoxy groups -OCH3 is 3. The van der Waals surface area contributed by atoms with Crippen LogP contribution < -0.4 is 0 Å². The maximum atomic E-state index is 14.6. The van der Waals surface area contributed by atoms with Gasteiger partial charge in [0.25, 0.3) is 11.7 Å². The number of cyclic esters (lactones) is 1. The molecule has 414 valence electrons. The third kappa shape index (κ3) is 17.2. The van der Waals surface area contributed by atoms with Crippen molar-refractivity contribution in [3.63, 3.8) is 0 Å². The van der Waals surface area contributed by atoms with E-state index in [4.69, 9.17) is 32.7 Å². The summed E-state index contributed by atoms with van der Waals surface area (Å²) in [4.78, 5) is 72.6. The maximum absolute atomic E-state index is 14.6. The van der Waals surface area contributed by atoms with E-state index in [2.05, 4.69) is 0 Å². The van der Waals surface area contributed by atoms with E-state index in [1.807, 2.05) is 65.0 Å². The normalized spacial score (nSPS) is 38.2. The average molecular weight is 1050 g/mol. The minimum atomic E-state index is -3.34. The summed E-state index contributed by atoms with van der Waals surface area (Å²) in [6, 6.07) is -1.17. The number of fused-ring (bicyclic) bond motifs is 3. The van der Waals surface area contributed by atoms with Gasteiger partial charge in [-0.3, -0.25) is 23.7 Å². The van der Waals surface area contributed by atoms with Crippen LogP contribution in [0, 0.1) is 35.5 Å². The topological polar surface area (TPSA) is 211 Å². The molecule has 0 aromatic carbocycles. The van der Waals surface area contributed by atoms with Gasteiger partial charge in [-0.05, 0) is 120 Å². The molecule has 0 radical (unpaired) electrons. The third-order valence-corrected chi connectivity index (χ3v) is 17.8. The number of esters is 1. The number of rotatable bonds is 12. The summed E-state index contributed by atoms with van der Waals surface area (Å²) in [6.07, 6.45) is 11.8. The zero-order valence-corrected chi connectivity index (χ0v) is 46.9. The lowest BCUT2D eigenvalue weighted by atomic mass is 9.78. The molecule has 16 nitrogen and oxygen atoms in total. The molecule has 4 rings (SSSR count). The number of hydrogen-bond acceptors (Lipinski definition) is 15. The molecule has 3 unspecified atom stereocenters. The summed E-state index contributed by atoms with van der Waals surface area (Å²) in [6.45, 7) is 16.7. The van der Waals surface area contributed by atoms with Crippen molar-refractivity contribution in [1.29, 1.82) is 0 Å². The van der Waals surface area contributed by atoms with Crippen molar-refractivity contribution >= 4 is 36.8 Å². The Balaban J connectivity index is 1.70. The van der Waals surface area contributed by atoms with E-state index >= 15 is 0 Å². The van der Waals surface area contributed by atoms with E-state index in [0.717, 1.165) is 5.57 Å². The highest BCUT2D eigenvalue weighted by Gasteiger charge is 2.53. The molecule has 73 heavy (non-hydrogen) atoms. The molecular weight excluding hydrogens is 958 g/mol. The second kappa shape index (κ2) is 29.4. The van der Waals surface area contributed by atoms with Gasteiger partial charge in [0.05, 0.1) is 31.0 Å². The van der Waals surface area contributed by atoms with Crippen molar-refractivity contribution in [2.24, 2.45) is 35.5 Å². The van der Waals surface area contributed by atoms with E-state index in [9.17, 15) is 38.8 Å². The van der Waals surface area contributed by atoms with Gasteiger partial charge in [-0.1, -0.05) is 78.0 Å². The molecule has 16 atom stereocenters. The molecule has 2 bridgehead atoms. The second-order valence-corrected chi connectivity index (χ2v) is 23.6. The molecule has 1 aliphatic carbocycles. The SMILES string of the molecule is CCCP(=O)(OCC)O[C@@H]1CC[C@@H](C[C@@H](C)[C@@H]2CC(=O)[C@H](C)/C=C(\C)[C@@H](O)[C@@H](OC)C(=O)[C@H](C)C[C@H](C)/C=C/C=C/C=C(\C)[C@@H](OC)C[C@@H]3CC[C@@H](C)C(O)(O3)C(=O)C(=O)N3CCCCC3C(=O)O2)C[C@H]1OC. The summed E-state index contributed by atoms with van der Waals surface area (Å²) in [5.74, 6) is -8.25. The molecule has 3 heterocycles. The lowest BCUT2D eigenvalue weighted by molar-refractivity contribution is -0.265. The number of Topliss-reactive ketones (excluding diaryl/α,β-unsaturated/α-hetero) is 3. The molecule has 1 amide bonds. The predicted octanol–water partition coefficient (Wildman–Crippen LogP) is 8.84. The monoisotopic (exact) mass is 1050 g/mol. The molecule has 0 aromatic heterocycles. The van der Waals surface area contributed by atoms with Gasteiger partial charge in [-0.15, -0.1) is 0 Å². The van der Waals surface area contributed by atoms with Crippen molar-refractivity contribution < 1.29 is 71.5 Å². The van der Waals surface area contributed by atoms with Crippen LogP contribution >= 0.6 is 7.60 Å². The van der Waals surface area contributed by atoms with Gasteiger partial charge >= 0.3 is 13.6 Å². The average Bonchev–Trinajstić information content (AvgIpc) is 3.35. The number of nitrogens with zero attached hydrogens (tertiary/aromatic N) is 1. The number of piperidine rings is 1. The molecule has 3 fully saturated rings. The van der Waals surface area contributed by atoms with E-state index in [1.54, 1.807) is 48.0 Å². The highest BCUT2D eigenvalue weighted by atomic mass is 31.2. The Bertz CT molecular complexity index is 2010. The van der Waals surface area contributed by atoms with E-state index in [1.165, 1.54) is 12.0 Å². The fourth-order valence-electron chi connectivity index (χ4n) is 11.0. The smallest absolute Gasteiger partial charge is 0.331 e. The molecule has 0 spiro atoms. The predicted molar refractivity (Wildman–Crippen MR) is 278 cm³/mol. The van der Waals surface area contributed by atoms with Crippen LogP contribution in [0.15, 0.2) is 47.6 Å². The summed E-state index contributed by atoms with van der Waals surface area (Å²) in [5, 5.41) is 23.6. The number of carbonyl (C=O) groups is 5. The highest BCUT2D eigenvalue weighted by Crippen LogP contribution is 2.52. The minimum Gasteiger partial charge on any atom is -0.460 e. The minimum absolute atomic E-state index is 0.00621. The molecule has 0 aromatic rings. The molecular formula is C56H90NO15P. The van der Waals surface area contributed by atoms with E-state index in [0.29, 0.717) is 82.4 Å². The van der Waals surface area contributed by atoms with Crippen LogP contribution in [-0.4, -0.2) is 140 Å². The number of aliphatic hydroxyl groups is 2. The highest BCUT2D eigenvalue weighted by molar-refractivity contribution is 7.53. The number of aliphatic hydroxyl groups excluding tert-OH is 1. The Kier molecular flexibility index (Phi) is 25.1. The van der Waals surface area contributed by atoms with Crippen LogP contribution in [0.5, 0.6) is 0 Å². The molecule has 17 heteroatoms. The van der Waals surface area contributed by atoms with Gasteiger partial charge in [0.2, 0.25) is 5.79 Å². The van der Waals surface area contributed by atoms with E-state index in [-0.39, 0.29) is 55.5 Å². The maximum Gasteiger partial charge on any atom is 0.331 e. The van der Waals surface area contributed by atoms with Crippen LogP contribution in [0.2, 0.25) is 0 Å². The second-order valence-electron chi connectivity index (χ2n) is 21.4. The molecule has 2 N–H and O–H groups in total. The Labute approximate surface area is 435 Å². The quantitative estimate of drug-likeness (QED) is 0.0809. The number of allylic oxidation sites excluding steroid dienone is 6. The zero-order valence-electron chi connectivity index (χ0n) is 46.0. The van der Waals surface area contributed by atoms with Gasteiger partial charge in [0.1, 0.15) is 30.1 Å². The van der Waals surface area contributed by atoms with Gasteiger partial charge in [0, 0.05) is 64.6 Å². The first-order chi connectivity index (χ1) is 34.6. The Hall–Kier alpha value is -3.18. The first kappa shape index (κ1) is 62.4. The first-order valence-electron chi connectivity index (χ1n) is 27.0. The molecule has 2 saturated heterocycles. The van der Waals surface area contributed by atoms with Crippen LogP contribution in [-0.2, 0) is 61.3 Å². The fourth-order valence-corrected chi connectivity index (χ4v) is 12.9. The van der Waals surface area contributed by atoms with Crippen molar-refractivity contribution in [1.82, 2.24) is 4.90 Å². The van der Waals surface area contributed by atoms with Crippen LogP contribution in [0.1, 0.15) is 146 Å². The number of hydrogen-bond donors (Lipinski definition) is 2. The number of amides is 1. The van der Waals surface area contributed by atoms with Crippen molar-refractivity contribution in [2.45, 2.75) is 200 Å². The van der Waals surface area contributed by atoms with Gasteiger partial charge in [-0.2, -0.15) is 0 Å². The Morgan fingerprint density at radius 1 is 0.863 bits per heavy atom. The van der Waals surface area contributed by atoms with Crippen molar-refractivity contribution in [2.75, 3.05) is 40.6 Å². The zero-order chi connectivity index (χ0) is 54.2. The number of carbonyl (C=O) groups excluding carboxylic acids is 5. The van der Waals surface area contributed by atoms with Crippen LogP contribution in [0.3, 0.4) is 0 Å². The summed E-state index contributed by atoms with van der Waals surface area (Å²) in [7, 11) is 1.20. The van der Waals surface area contributed by atoms with Gasteiger partial charge in [0.15, 0.2) is 5.78 Å². The van der Waals surface area contributed by atoms with Gasteiger partial charge < -0.3 is 47.8 Å². The van der Waals surface area contributed by atoms with E-state index < -0.39 is 97.4 Å². The lowest BCUT2D eigenvalue weighted by Gasteiger charge is -2.42. The van der Waals surface area contributed by atoms with Crippen molar-refractivity contribution in [3.8, 4) is 0 Å². The van der Waals surface area contributed by atoms with Crippen molar-refractivity contribution in [3.05, 3.63) is 47.6 Å². The number of ketones is 3.